The van der Waals surface area contributed by atoms with Crippen LogP contribution in [0.15, 0.2) is 36.4 Å². The molecule has 2 rings (SSSR count). The smallest absolute Gasteiger partial charge is 0.124 e. The fraction of sp³-hybridized carbons (Fsp3) is 0.143. The van der Waals surface area contributed by atoms with Gasteiger partial charge in [-0.25, -0.2) is 8.78 Å². The van der Waals surface area contributed by atoms with Crippen molar-refractivity contribution >= 4 is 0 Å². The van der Waals surface area contributed by atoms with Gasteiger partial charge in [-0.1, -0.05) is 12.1 Å². The van der Waals surface area contributed by atoms with Crippen molar-refractivity contribution in [1.82, 2.24) is 0 Å². The molecule has 0 amide bonds. The molecule has 0 aliphatic heterocycles. The van der Waals surface area contributed by atoms with Crippen LogP contribution in [0.2, 0.25) is 0 Å². The Hall–Kier alpha value is -1.70. The van der Waals surface area contributed by atoms with Gasteiger partial charge in [-0.15, -0.1) is 0 Å². The number of aryl methyl sites for hydroxylation is 2. The third-order valence-electron chi connectivity index (χ3n) is 2.55. The number of rotatable bonds is 1. The summed E-state index contributed by atoms with van der Waals surface area (Å²) < 4.78 is 26.4. The number of hydrogen-bond donors (Lipinski definition) is 0. The van der Waals surface area contributed by atoms with E-state index in [1.165, 1.54) is 24.3 Å². The van der Waals surface area contributed by atoms with Crippen molar-refractivity contribution in [2.45, 2.75) is 13.8 Å². The lowest BCUT2D eigenvalue weighted by molar-refractivity contribution is 0.625. The molecule has 2 heteroatoms. The fourth-order valence-corrected chi connectivity index (χ4v) is 1.80. The Balaban J connectivity index is 2.62. The van der Waals surface area contributed by atoms with Gasteiger partial charge in [0.1, 0.15) is 11.6 Å². The Morgan fingerprint density at radius 1 is 0.812 bits per heavy atom. The van der Waals surface area contributed by atoms with Gasteiger partial charge in [0.25, 0.3) is 0 Å². The molecule has 0 nitrogen and oxygen atoms in total. The van der Waals surface area contributed by atoms with E-state index in [2.05, 4.69) is 0 Å². The van der Waals surface area contributed by atoms with Crippen molar-refractivity contribution < 1.29 is 8.78 Å². The Kier molecular flexibility index (Phi) is 2.73. The summed E-state index contributed by atoms with van der Waals surface area (Å²) in [4.78, 5) is 0. The molecule has 0 radical (unpaired) electrons. The van der Waals surface area contributed by atoms with Crippen LogP contribution in [0.4, 0.5) is 8.78 Å². The molecule has 0 N–H and O–H groups in total. The van der Waals surface area contributed by atoms with E-state index in [-0.39, 0.29) is 11.6 Å². The van der Waals surface area contributed by atoms with Crippen LogP contribution in [-0.4, -0.2) is 0 Å². The van der Waals surface area contributed by atoms with Crippen LogP contribution in [0.1, 0.15) is 11.1 Å². The summed E-state index contributed by atoms with van der Waals surface area (Å²) in [6, 6.07) is 9.27. The molecular weight excluding hydrogens is 206 g/mol. The van der Waals surface area contributed by atoms with E-state index in [0.29, 0.717) is 0 Å². The van der Waals surface area contributed by atoms with Crippen molar-refractivity contribution in [1.29, 1.82) is 0 Å². The molecule has 0 aliphatic rings. The standard InChI is InChI=1S/C14H12F2/c1-9-5-11(7-13(16)6-9)14-8-12(15)4-3-10(14)2/h3-8H,1-2H3. The average molecular weight is 218 g/mol. The topological polar surface area (TPSA) is 0 Å². The van der Waals surface area contributed by atoms with E-state index in [0.717, 1.165) is 22.3 Å². The Labute approximate surface area is 93.5 Å². The second-order valence-electron chi connectivity index (χ2n) is 3.98. The van der Waals surface area contributed by atoms with E-state index in [1.807, 2.05) is 19.9 Å². The van der Waals surface area contributed by atoms with Crippen molar-refractivity contribution in [3.8, 4) is 11.1 Å². The van der Waals surface area contributed by atoms with Gasteiger partial charge < -0.3 is 0 Å². The summed E-state index contributed by atoms with van der Waals surface area (Å²) in [5.41, 5.74) is 3.22. The highest BCUT2D eigenvalue weighted by Gasteiger charge is 2.05. The minimum atomic E-state index is -0.303. The molecule has 2 aromatic carbocycles. The monoisotopic (exact) mass is 218 g/mol. The van der Waals surface area contributed by atoms with Gasteiger partial charge in [0.15, 0.2) is 0 Å². The third-order valence-corrected chi connectivity index (χ3v) is 2.55. The minimum Gasteiger partial charge on any atom is -0.207 e. The van der Waals surface area contributed by atoms with Crippen LogP contribution in [-0.2, 0) is 0 Å². The first kappa shape index (κ1) is 10.8. The van der Waals surface area contributed by atoms with Crippen LogP contribution in [0, 0.1) is 25.5 Å². The molecular formula is C14H12F2. The summed E-state index contributed by atoms with van der Waals surface area (Å²) in [5.74, 6) is -0.596. The maximum absolute atomic E-state index is 13.3. The van der Waals surface area contributed by atoms with Crippen LogP contribution < -0.4 is 0 Å². The van der Waals surface area contributed by atoms with Gasteiger partial charge in [0, 0.05) is 0 Å². The van der Waals surface area contributed by atoms with Crippen LogP contribution in [0.3, 0.4) is 0 Å². The third kappa shape index (κ3) is 2.11. The SMILES string of the molecule is Cc1cc(F)cc(-c2cc(F)ccc2C)c1. The van der Waals surface area contributed by atoms with Crippen molar-refractivity contribution in [2.75, 3.05) is 0 Å². The highest BCUT2D eigenvalue weighted by Crippen LogP contribution is 2.25. The zero-order chi connectivity index (χ0) is 11.7. The molecule has 0 atom stereocenters. The highest BCUT2D eigenvalue weighted by atomic mass is 19.1. The molecule has 0 fully saturated rings. The van der Waals surface area contributed by atoms with E-state index >= 15 is 0 Å². The Morgan fingerprint density at radius 3 is 2.25 bits per heavy atom. The van der Waals surface area contributed by atoms with Gasteiger partial charge in [0.05, 0.1) is 0 Å². The zero-order valence-electron chi connectivity index (χ0n) is 9.22. The van der Waals surface area contributed by atoms with E-state index in [4.69, 9.17) is 0 Å². The van der Waals surface area contributed by atoms with Gasteiger partial charge >= 0.3 is 0 Å². The lowest BCUT2D eigenvalue weighted by atomic mass is 9.99. The van der Waals surface area contributed by atoms with Crippen LogP contribution in [0.25, 0.3) is 11.1 Å². The Morgan fingerprint density at radius 2 is 1.56 bits per heavy atom. The second kappa shape index (κ2) is 4.05. The molecule has 0 saturated carbocycles. The molecule has 0 unspecified atom stereocenters. The zero-order valence-corrected chi connectivity index (χ0v) is 9.22. The van der Waals surface area contributed by atoms with Crippen molar-refractivity contribution in [3.63, 3.8) is 0 Å². The molecule has 0 heterocycles. The number of halogens is 2. The van der Waals surface area contributed by atoms with E-state index < -0.39 is 0 Å². The lowest BCUT2D eigenvalue weighted by Gasteiger charge is -2.07. The summed E-state index contributed by atoms with van der Waals surface area (Å²) in [5, 5.41) is 0. The molecule has 82 valence electrons. The summed E-state index contributed by atoms with van der Waals surface area (Å²) >= 11 is 0. The maximum atomic E-state index is 13.3. The molecule has 0 aromatic heterocycles. The van der Waals surface area contributed by atoms with E-state index in [1.54, 1.807) is 6.07 Å². The van der Waals surface area contributed by atoms with Gasteiger partial charge in [-0.05, 0) is 60.4 Å². The number of benzene rings is 2. The molecule has 16 heavy (non-hydrogen) atoms. The molecule has 0 bridgehead atoms. The first-order chi connectivity index (χ1) is 7.56. The van der Waals surface area contributed by atoms with E-state index in [9.17, 15) is 8.78 Å². The fourth-order valence-electron chi connectivity index (χ4n) is 1.80. The summed E-state index contributed by atoms with van der Waals surface area (Å²) in [7, 11) is 0. The molecule has 2 aromatic rings. The molecule has 0 aliphatic carbocycles. The summed E-state index contributed by atoms with van der Waals surface area (Å²) in [6.45, 7) is 3.70. The summed E-state index contributed by atoms with van der Waals surface area (Å²) in [6.07, 6.45) is 0. The molecule has 0 saturated heterocycles. The highest BCUT2D eigenvalue weighted by molar-refractivity contribution is 5.67. The largest absolute Gasteiger partial charge is 0.207 e. The quantitative estimate of drug-likeness (QED) is 0.671. The maximum Gasteiger partial charge on any atom is 0.124 e. The first-order valence-electron chi connectivity index (χ1n) is 5.10. The second-order valence-corrected chi connectivity index (χ2v) is 3.98. The number of hydrogen-bond acceptors (Lipinski definition) is 0. The van der Waals surface area contributed by atoms with Gasteiger partial charge in [0.2, 0.25) is 0 Å². The van der Waals surface area contributed by atoms with Gasteiger partial charge in [-0.2, -0.15) is 0 Å². The van der Waals surface area contributed by atoms with Gasteiger partial charge in [-0.3, -0.25) is 0 Å². The van der Waals surface area contributed by atoms with Crippen molar-refractivity contribution in [2.24, 2.45) is 0 Å². The predicted octanol–water partition coefficient (Wildman–Crippen LogP) is 4.25. The predicted molar refractivity (Wildman–Crippen MR) is 61.3 cm³/mol. The average Bonchev–Trinajstić information content (AvgIpc) is 2.20. The van der Waals surface area contributed by atoms with Crippen molar-refractivity contribution in [3.05, 3.63) is 59.2 Å². The van der Waals surface area contributed by atoms with Crippen LogP contribution in [0.5, 0.6) is 0 Å². The molecule has 0 spiro atoms. The Bertz CT molecular complexity index is 510. The first-order valence-corrected chi connectivity index (χ1v) is 5.10. The lowest BCUT2D eigenvalue weighted by Crippen LogP contribution is -1.88. The minimum absolute atomic E-state index is 0.293. The van der Waals surface area contributed by atoms with Crippen LogP contribution >= 0.6 is 0 Å². The normalized spacial score (nSPS) is 10.5.